The molecule has 0 fully saturated rings. The quantitative estimate of drug-likeness (QED) is 0.520. The minimum atomic E-state index is 0.477. The fourth-order valence-corrected chi connectivity index (χ4v) is 0.568. The number of rotatable bonds is 4. The summed E-state index contributed by atoms with van der Waals surface area (Å²) >= 11 is 0. The van der Waals surface area contributed by atoms with Gasteiger partial charge >= 0.3 is 0 Å². The van der Waals surface area contributed by atoms with Crippen LogP contribution < -0.4 is 5.73 Å². The van der Waals surface area contributed by atoms with Crippen LogP contribution in [0.4, 0.5) is 0 Å². The van der Waals surface area contributed by atoms with E-state index in [1.165, 1.54) is 0 Å². The second-order valence-electron chi connectivity index (χ2n) is 1.91. The molecule has 0 saturated carbocycles. The molecule has 0 unspecified atom stereocenters. The smallest absolute Gasteiger partial charge is 0.0913 e. The van der Waals surface area contributed by atoms with Gasteiger partial charge in [0.2, 0.25) is 0 Å². The van der Waals surface area contributed by atoms with Gasteiger partial charge in [-0.25, -0.2) is 0 Å². The van der Waals surface area contributed by atoms with Crippen molar-refractivity contribution >= 4 is 0 Å². The fourth-order valence-electron chi connectivity index (χ4n) is 0.568. The zero-order valence-electron chi connectivity index (χ0n) is 5.27. The molecule has 1 nitrogen and oxygen atoms in total. The first-order valence-electron chi connectivity index (χ1n) is 2.86. The van der Waals surface area contributed by atoms with Crippen LogP contribution in [0, 0.1) is 0 Å². The zero-order valence-corrected chi connectivity index (χ0v) is 5.27. The lowest BCUT2D eigenvalue weighted by atomic mass is 10.1. The molecule has 0 atom stereocenters. The van der Waals surface area contributed by atoms with Gasteiger partial charge in [-0.15, -0.1) is 13.2 Å². The van der Waals surface area contributed by atoms with Gasteiger partial charge in [0.15, 0.2) is 0 Å². The molecule has 0 aromatic rings. The molecule has 1 heteroatoms. The van der Waals surface area contributed by atoms with E-state index in [9.17, 15) is 0 Å². The molecule has 0 aliphatic carbocycles. The van der Waals surface area contributed by atoms with Crippen LogP contribution in [0.15, 0.2) is 25.3 Å². The Morgan fingerprint density at radius 2 is 1.62 bits per heavy atom. The van der Waals surface area contributed by atoms with Crippen molar-refractivity contribution in [1.29, 1.82) is 0 Å². The third kappa shape index (κ3) is 3.62. The van der Waals surface area contributed by atoms with Gasteiger partial charge in [0.1, 0.15) is 0 Å². The Morgan fingerprint density at radius 3 is 1.88 bits per heavy atom. The lowest BCUT2D eigenvalue weighted by Gasteiger charge is -1.98. The summed E-state index contributed by atoms with van der Waals surface area (Å²) in [5, 5.41) is 0. The summed E-state index contributed by atoms with van der Waals surface area (Å²) in [5.41, 5.74) is 3.88. The first-order chi connectivity index (χ1) is 3.81. The third-order valence-corrected chi connectivity index (χ3v) is 1.00. The summed E-state index contributed by atoms with van der Waals surface area (Å²) < 4.78 is 0. The highest BCUT2D eigenvalue weighted by Gasteiger charge is 1.96. The molecule has 8 heavy (non-hydrogen) atoms. The van der Waals surface area contributed by atoms with Crippen molar-refractivity contribution in [3.63, 3.8) is 0 Å². The van der Waals surface area contributed by atoms with Gasteiger partial charge in [0, 0.05) is 12.8 Å². The number of hydrogen-bond donors (Lipinski definition) is 1. The van der Waals surface area contributed by atoms with Gasteiger partial charge < -0.3 is 5.73 Å². The second-order valence-corrected chi connectivity index (χ2v) is 1.91. The summed E-state index contributed by atoms with van der Waals surface area (Å²) in [4.78, 5) is 0. The van der Waals surface area contributed by atoms with Gasteiger partial charge in [0.25, 0.3) is 0 Å². The van der Waals surface area contributed by atoms with Gasteiger partial charge in [-0.05, 0) is 0 Å². The van der Waals surface area contributed by atoms with E-state index in [1.807, 2.05) is 12.2 Å². The maximum Gasteiger partial charge on any atom is 0.0913 e. The molecule has 0 aromatic heterocycles. The summed E-state index contributed by atoms with van der Waals surface area (Å²) in [6, 6.07) is 0.477. The predicted molar refractivity (Wildman–Crippen MR) is 36.3 cm³/mol. The molecular weight excluding hydrogens is 98.1 g/mol. The van der Waals surface area contributed by atoms with Crippen LogP contribution in [0.3, 0.4) is 0 Å². The van der Waals surface area contributed by atoms with Crippen molar-refractivity contribution in [2.75, 3.05) is 0 Å². The molecule has 46 valence electrons. The molecule has 0 amide bonds. The van der Waals surface area contributed by atoms with E-state index in [0.717, 1.165) is 12.8 Å². The highest BCUT2D eigenvalue weighted by molar-refractivity contribution is 4.77. The SMILES string of the molecule is C=CCC([NH3+])CC=C. The topological polar surface area (TPSA) is 27.6 Å². The van der Waals surface area contributed by atoms with Crippen molar-refractivity contribution in [2.45, 2.75) is 18.9 Å². The van der Waals surface area contributed by atoms with Crippen LogP contribution in [0.5, 0.6) is 0 Å². The van der Waals surface area contributed by atoms with Crippen LogP contribution >= 0.6 is 0 Å². The van der Waals surface area contributed by atoms with Gasteiger partial charge in [-0.3, -0.25) is 0 Å². The molecule has 0 aliphatic rings. The van der Waals surface area contributed by atoms with Crippen LogP contribution in [0.1, 0.15) is 12.8 Å². The number of hydrogen-bond acceptors (Lipinski definition) is 0. The Hall–Kier alpha value is -0.560. The van der Waals surface area contributed by atoms with E-state index >= 15 is 0 Å². The van der Waals surface area contributed by atoms with E-state index in [-0.39, 0.29) is 0 Å². The summed E-state index contributed by atoms with van der Waals surface area (Å²) in [6.07, 6.45) is 5.76. The van der Waals surface area contributed by atoms with Crippen LogP contribution in [0.2, 0.25) is 0 Å². The Morgan fingerprint density at radius 1 is 1.25 bits per heavy atom. The van der Waals surface area contributed by atoms with Crippen LogP contribution in [-0.4, -0.2) is 6.04 Å². The van der Waals surface area contributed by atoms with Crippen LogP contribution in [0.25, 0.3) is 0 Å². The monoisotopic (exact) mass is 112 g/mol. The Kier molecular flexibility index (Phi) is 4.27. The summed E-state index contributed by atoms with van der Waals surface area (Å²) in [6.45, 7) is 7.22. The summed E-state index contributed by atoms with van der Waals surface area (Å²) in [5.74, 6) is 0. The normalized spacial score (nSPS) is 9.25. The maximum atomic E-state index is 3.88. The Balaban J connectivity index is 3.16. The standard InChI is InChI=1S/C7H13N/c1-3-5-7(8)6-4-2/h3-4,7H,1-2,5-6,8H2/p+1. The van der Waals surface area contributed by atoms with E-state index < -0.39 is 0 Å². The van der Waals surface area contributed by atoms with Crippen molar-refractivity contribution < 1.29 is 5.73 Å². The minimum Gasteiger partial charge on any atom is -0.355 e. The highest BCUT2D eigenvalue weighted by atomic mass is 14.6. The van der Waals surface area contributed by atoms with E-state index in [0.29, 0.717) is 6.04 Å². The lowest BCUT2D eigenvalue weighted by molar-refractivity contribution is -0.417. The average molecular weight is 112 g/mol. The number of quaternary nitrogens is 1. The van der Waals surface area contributed by atoms with Crippen molar-refractivity contribution in [3.05, 3.63) is 25.3 Å². The molecule has 0 saturated heterocycles. The predicted octanol–water partition coefficient (Wildman–Crippen LogP) is 0.749. The molecule has 0 rings (SSSR count). The molecule has 0 aliphatic heterocycles. The molecule has 0 aromatic carbocycles. The zero-order chi connectivity index (χ0) is 6.41. The Labute approximate surface area is 50.9 Å². The van der Waals surface area contributed by atoms with Gasteiger partial charge in [-0.2, -0.15) is 0 Å². The lowest BCUT2D eigenvalue weighted by Crippen LogP contribution is -2.60. The van der Waals surface area contributed by atoms with Crippen molar-refractivity contribution in [1.82, 2.24) is 0 Å². The molecule has 0 spiro atoms. The van der Waals surface area contributed by atoms with Crippen molar-refractivity contribution in [3.8, 4) is 0 Å². The highest BCUT2D eigenvalue weighted by Crippen LogP contribution is 1.91. The third-order valence-electron chi connectivity index (χ3n) is 1.00. The van der Waals surface area contributed by atoms with Crippen LogP contribution in [-0.2, 0) is 0 Å². The average Bonchev–Trinajstić information content (AvgIpc) is 1.68. The fraction of sp³-hybridized carbons (Fsp3) is 0.429. The second kappa shape index (κ2) is 4.60. The Bertz CT molecular complexity index is 66.5. The maximum absolute atomic E-state index is 3.88. The first kappa shape index (κ1) is 7.44. The van der Waals surface area contributed by atoms with E-state index in [4.69, 9.17) is 0 Å². The van der Waals surface area contributed by atoms with E-state index in [2.05, 4.69) is 18.9 Å². The molecule has 0 radical (unpaired) electrons. The van der Waals surface area contributed by atoms with Crippen molar-refractivity contribution in [2.24, 2.45) is 0 Å². The molecule has 0 heterocycles. The first-order valence-corrected chi connectivity index (χ1v) is 2.86. The van der Waals surface area contributed by atoms with Gasteiger partial charge in [-0.1, -0.05) is 12.2 Å². The molecule has 3 N–H and O–H groups in total. The molecular formula is C7H14N+. The van der Waals surface area contributed by atoms with E-state index in [1.54, 1.807) is 0 Å². The largest absolute Gasteiger partial charge is 0.355 e. The van der Waals surface area contributed by atoms with Gasteiger partial charge in [0.05, 0.1) is 6.04 Å². The molecule has 0 bridgehead atoms. The minimum absolute atomic E-state index is 0.477. The summed E-state index contributed by atoms with van der Waals surface area (Å²) in [7, 11) is 0.